The van der Waals surface area contributed by atoms with Crippen molar-refractivity contribution in [2.24, 2.45) is 0 Å². The van der Waals surface area contributed by atoms with Gasteiger partial charge in [0.25, 0.3) is 5.91 Å². The van der Waals surface area contributed by atoms with Gasteiger partial charge in [0.05, 0.1) is 0 Å². The van der Waals surface area contributed by atoms with Gasteiger partial charge in [-0.1, -0.05) is 29.8 Å². The molecule has 0 spiro atoms. The number of amides is 3. The molecule has 32 heavy (non-hydrogen) atoms. The van der Waals surface area contributed by atoms with Crippen LogP contribution in [0.1, 0.15) is 39.5 Å². The predicted molar refractivity (Wildman–Crippen MR) is 118 cm³/mol. The first-order valence-electron chi connectivity index (χ1n) is 9.91. The summed E-state index contributed by atoms with van der Waals surface area (Å²) in [5.74, 6) is -0.0145. The Morgan fingerprint density at radius 1 is 0.875 bits per heavy atom. The molecule has 8 nitrogen and oxygen atoms in total. The summed E-state index contributed by atoms with van der Waals surface area (Å²) in [6.07, 6.45) is 0.526. The van der Waals surface area contributed by atoms with Crippen LogP contribution in [-0.4, -0.2) is 24.3 Å². The summed E-state index contributed by atoms with van der Waals surface area (Å²) in [5, 5.41) is 3.26. The Morgan fingerprint density at radius 3 is 2.38 bits per heavy atom. The molecule has 166 valence electrons. The third-order valence-electron chi connectivity index (χ3n) is 4.30. The van der Waals surface area contributed by atoms with Crippen molar-refractivity contribution < 1.29 is 23.5 Å². The van der Waals surface area contributed by atoms with Gasteiger partial charge in [0.2, 0.25) is 5.91 Å². The van der Waals surface area contributed by atoms with Gasteiger partial charge < -0.3 is 14.5 Å². The number of carbonyl (C=O) groups excluding carboxylic acids is 3. The molecule has 3 rings (SSSR count). The van der Waals surface area contributed by atoms with E-state index in [1.54, 1.807) is 30.3 Å². The summed E-state index contributed by atoms with van der Waals surface area (Å²) in [7, 11) is 0. The molecule has 0 radical (unpaired) electrons. The van der Waals surface area contributed by atoms with E-state index in [0.717, 1.165) is 0 Å². The Bertz CT molecular complexity index is 1050. The molecule has 0 atom stereocenters. The molecule has 0 saturated heterocycles. The van der Waals surface area contributed by atoms with E-state index in [9.17, 15) is 14.4 Å². The fourth-order valence-corrected chi connectivity index (χ4v) is 2.78. The first kappa shape index (κ1) is 22.9. The Kier molecular flexibility index (Phi) is 8.28. The van der Waals surface area contributed by atoms with Crippen LogP contribution < -0.4 is 20.9 Å². The van der Waals surface area contributed by atoms with Crippen LogP contribution in [-0.2, 0) is 11.4 Å². The van der Waals surface area contributed by atoms with Gasteiger partial charge in [0.1, 0.15) is 18.1 Å². The Labute approximate surface area is 189 Å². The van der Waals surface area contributed by atoms with E-state index in [0.29, 0.717) is 35.1 Å². The van der Waals surface area contributed by atoms with E-state index in [1.807, 2.05) is 30.3 Å². The van der Waals surface area contributed by atoms with Crippen molar-refractivity contribution in [2.75, 3.05) is 6.54 Å². The number of hydrogen-bond acceptors (Lipinski definition) is 5. The number of hydrogen-bond donors (Lipinski definition) is 3. The van der Waals surface area contributed by atoms with Gasteiger partial charge in [0, 0.05) is 23.6 Å². The van der Waals surface area contributed by atoms with Crippen LogP contribution in [0.15, 0.2) is 71.1 Å². The standard InChI is InChI=1S/C23H22ClN3O5/c24-17-10-8-16(9-11-17)22(29)25-14-4-7-21(28)26-27-23(30)20-13-12-19(32-20)15-31-18-5-2-1-3-6-18/h1-3,5-6,8-13H,4,7,14-15H2,(H,25,29)(H,26,28)(H,27,30). The van der Waals surface area contributed by atoms with Crippen LogP contribution in [0.3, 0.4) is 0 Å². The Balaban J connectivity index is 1.32. The lowest BCUT2D eigenvalue weighted by Crippen LogP contribution is -2.41. The molecule has 0 bridgehead atoms. The van der Waals surface area contributed by atoms with Crippen LogP contribution in [0.2, 0.25) is 5.02 Å². The topological polar surface area (TPSA) is 110 Å². The fourth-order valence-electron chi connectivity index (χ4n) is 2.65. The quantitative estimate of drug-likeness (QED) is 0.338. The van der Waals surface area contributed by atoms with E-state index in [4.69, 9.17) is 20.8 Å². The SMILES string of the molecule is O=C(CCCNC(=O)c1ccc(Cl)cc1)NNC(=O)c1ccc(COc2ccccc2)o1. The number of para-hydroxylation sites is 1. The number of hydrazine groups is 1. The van der Waals surface area contributed by atoms with Gasteiger partial charge in [-0.2, -0.15) is 0 Å². The van der Waals surface area contributed by atoms with E-state index in [1.165, 1.54) is 6.07 Å². The highest BCUT2D eigenvalue weighted by atomic mass is 35.5. The molecule has 0 aliphatic rings. The Hall–Kier alpha value is -3.78. The van der Waals surface area contributed by atoms with Crippen molar-refractivity contribution in [3.05, 3.63) is 88.8 Å². The Morgan fingerprint density at radius 2 is 1.62 bits per heavy atom. The second-order valence-electron chi connectivity index (χ2n) is 6.74. The maximum atomic E-state index is 12.1. The lowest BCUT2D eigenvalue weighted by molar-refractivity contribution is -0.121. The summed E-state index contributed by atoms with van der Waals surface area (Å²) in [4.78, 5) is 36.0. The lowest BCUT2D eigenvalue weighted by Gasteiger charge is -2.07. The molecule has 0 fully saturated rings. The summed E-state index contributed by atoms with van der Waals surface area (Å²) in [6.45, 7) is 0.483. The average Bonchev–Trinajstić information content (AvgIpc) is 3.29. The number of carbonyl (C=O) groups is 3. The van der Waals surface area contributed by atoms with Crippen molar-refractivity contribution in [1.29, 1.82) is 0 Å². The highest BCUT2D eigenvalue weighted by molar-refractivity contribution is 6.30. The monoisotopic (exact) mass is 455 g/mol. The zero-order chi connectivity index (χ0) is 22.8. The lowest BCUT2D eigenvalue weighted by atomic mass is 10.2. The minimum absolute atomic E-state index is 0.0483. The highest BCUT2D eigenvalue weighted by Crippen LogP contribution is 2.14. The molecular weight excluding hydrogens is 434 g/mol. The second-order valence-corrected chi connectivity index (χ2v) is 7.17. The summed E-state index contributed by atoms with van der Waals surface area (Å²) in [6, 6.07) is 18.8. The predicted octanol–water partition coefficient (Wildman–Crippen LogP) is 3.48. The van der Waals surface area contributed by atoms with Crippen molar-refractivity contribution >= 4 is 29.3 Å². The normalized spacial score (nSPS) is 10.3. The molecule has 0 saturated carbocycles. The van der Waals surface area contributed by atoms with Crippen LogP contribution in [0.5, 0.6) is 5.75 Å². The molecule has 0 aliphatic carbocycles. The number of halogens is 1. The van der Waals surface area contributed by atoms with Crippen LogP contribution in [0.25, 0.3) is 0 Å². The van der Waals surface area contributed by atoms with Crippen molar-refractivity contribution in [3.8, 4) is 5.75 Å². The first-order valence-corrected chi connectivity index (χ1v) is 10.3. The van der Waals surface area contributed by atoms with Crippen molar-refractivity contribution in [1.82, 2.24) is 16.2 Å². The molecule has 3 aromatic rings. The smallest absolute Gasteiger partial charge is 0.305 e. The van der Waals surface area contributed by atoms with Crippen LogP contribution >= 0.6 is 11.6 Å². The second kappa shape index (κ2) is 11.6. The molecule has 0 unspecified atom stereocenters. The van der Waals surface area contributed by atoms with Gasteiger partial charge in [0.15, 0.2) is 5.76 Å². The van der Waals surface area contributed by atoms with E-state index in [-0.39, 0.29) is 24.7 Å². The molecule has 2 aromatic carbocycles. The fraction of sp³-hybridized carbons (Fsp3) is 0.174. The number of nitrogens with one attached hydrogen (secondary N) is 3. The van der Waals surface area contributed by atoms with E-state index < -0.39 is 11.8 Å². The number of rotatable bonds is 9. The molecule has 0 aliphatic heterocycles. The molecule has 1 aromatic heterocycles. The van der Waals surface area contributed by atoms with Gasteiger partial charge >= 0.3 is 5.91 Å². The van der Waals surface area contributed by atoms with Crippen LogP contribution in [0.4, 0.5) is 0 Å². The van der Waals surface area contributed by atoms with Crippen LogP contribution in [0, 0.1) is 0 Å². The average molecular weight is 456 g/mol. The van der Waals surface area contributed by atoms with Gasteiger partial charge in [-0.15, -0.1) is 0 Å². The molecule has 1 heterocycles. The van der Waals surface area contributed by atoms with Crippen molar-refractivity contribution in [2.45, 2.75) is 19.4 Å². The molecule has 3 amide bonds. The van der Waals surface area contributed by atoms with E-state index in [2.05, 4.69) is 16.2 Å². The third-order valence-corrected chi connectivity index (χ3v) is 4.55. The zero-order valence-corrected chi connectivity index (χ0v) is 17.9. The minimum Gasteiger partial charge on any atom is -0.486 e. The largest absolute Gasteiger partial charge is 0.486 e. The minimum atomic E-state index is -0.583. The molecule has 3 N–H and O–H groups in total. The third kappa shape index (κ3) is 7.17. The maximum absolute atomic E-state index is 12.1. The van der Waals surface area contributed by atoms with E-state index >= 15 is 0 Å². The zero-order valence-electron chi connectivity index (χ0n) is 17.1. The van der Waals surface area contributed by atoms with Gasteiger partial charge in [-0.05, 0) is 55.0 Å². The maximum Gasteiger partial charge on any atom is 0.305 e. The summed E-state index contributed by atoms with van der Waals surface area (Å²) in [5.41, 5.74) is 5.10. The molecule has 9 heteroatoms. The van der Waals surface area contributed by atoms with Gasteiger partial charge in [-0.25, -0.2) is 0 Å². The number of furan rings is 1. The first-order chi connectivity index (χ1) is 15.5. The van der Waals surface area contributed by atoms with Crippen molar-refractivity contribution in [3.63, 3.8) is 0 Å². The highest BCUT2D eigenvalue weighted by Gasteiger charge is 2.13. The summed E-state index contributed by atoms with van der Waals surface area (Å²) < 4.78 is 11.0. The molecular formula is C23H22ClN3O5. The van der Waals surface area contributed by atoms with Gasteiger partial charge in [-0.3, -0.25) is 25.2 Å². The number of benzene rings is 2. The summed E-state index contributed by atoms with van der Waals surface area (Å²) >= 11 is 5.79. The number of ether oxygens (including phenoxy) is 1.